The summed E-state index contributed by atoms with van der Waals surface area (Å²) in [4.78, 5) is 34.3. The largest absolute Gasteiger partial charge is 0.350 e. The molecule has 2 heterocycles. The van der Waals surface area contributed by atoms with Gasteiger partial charge in [0.15, 0.2) is 5.43 Å². The molecule has 2 aromatic heterocycles. The standard InChI is InChI=1S/C19H18BrN3O2/c1-3-23(12(2)13-5-4-8-21-11-13)19(25)17-10-18(24)15-9-14(20)6-7-16(15)22-17/h4-12H,3H2,1-2H3,(H,22,24). The van der Waals surface area contributed by atoms with Crippen molar-refractivity contribution in [2.45, 2.75) is 19.9 Å². The maximum Gasteiger partial charge on any atom is 0.270 e. The van der Waals surface area contributed by atoms with E-state index in [-0.39, 0.29) is 23.1 Å². The molecule has 0 bridgehead atoms. The lowest BCUT2D eigenvalue weighted by Gasteiger charge is -2.28. The van der Waals surface area contributed by atoms with Crippen LogP contribution in [0.4, 0.5) is 0 Å². The van der Waals surface area contributed by atoms with Crippen LogP contribution in [0, 0.1) is 0 Å². The number of aromatic amines is 1. The van der Waals surface area contributed by atoms with Crippen molar-refractivity contribution in [2.24, 2.45) is 0 Å². The van der Waals surface area contributed by atoms with Gasteiger partial charge in [-0.05, 0) is 43.7 Å². The number of fused-ring (bicyclic) bond motifs is 1. The molecule has 1 N–H and O–H groups in total. The zero-order chi connectivity index (χ0) is 18.0. The minimum atomic E-state index is -0.208. The Balaban J connectivity index is 2.00. The van der Waals surface area contributed by atoms with Crippen LogP contribution < -0.4 is 5.43 Å². The Bertz CT molecular complexity index is 969. The summed E-state index contributed by atoms with van der Waals surface area (Å²) in [6.45, 7) is 4.39. The van der Waals surface area contributed by atoms with Gasteiger partial charge >= 0.3 is 0 Å². The van der Waals surface area contributed by atoms with Gasteiger partial charge in [0.2, 0.25) is 0 Å². The molecule has 25 heavy (non-hydrogen) atoms. The Kier molecular flexibility index (Phi) is 4.99. The number of hydrogen-bond donors (Lipinski definition) is 1. The number of benzene rings is 1. The second-order valence-electron chi connectivity index (χ2n) is 5.79. The topological polar surface area (TPSA) is 66.1 Å². The highest BCUT2D eigenvalue weighted by atomic mass is 79.9. The Morgan fingerprint density at radius 1 is 1.32 bits per heavy atom. The van der Waals surface area contributed by atoms with Gasteiger partial charge in [-0.1, -0.05) is 22.0 Å². The average molecular weight is 400 g/mol. The smallest absolute Gasteiger partial charge is 0.270 e. The minimum absolute atomic E-state index is 0.143. The fourth-order valence-corrected chi connectivity index (χ4v) is 3.25. The lowest BCUT2D eigenvalue weighted by Crippen LogP contribution is -2.34. The van der Waals surface area contributed by atoms with Gasteiger partial charge in [-0.3, -0.25) is 14.6 Å². The van der Waals surface area contributed by atoms with E-state index in [9.17, 15) is 9.59 Å². The molecule has 0 saturated heterocycles. The van der Waals surface area contributed by atoms with E-state index in [0.29, 0.717) is 17.4 Å². The van der Waals surface area contributed by atoms with Crippen LogP contribution in [0.1, 0.15) is 35.9 Å². The van der Waals surface area contributed by atoms with Gasteiger partial charge in [0.1, 0.15) is 5.69 Å². The first-order valence-electron chi connectivity index (χ1n) is 8.04. The first kappa shape index (κ1) is 17.4. The van der Waals surface area contributed by atoms with Crippen molar-refractivity contribution in [3.05, 3.63) is 74.7 Å². The fourth-order valence-electron chi connectivity index (χ4n) is 2.89. The molecule has 6 heteroatoms. The number of nitrogens with zero attached hydrogens (tertiary/aromatic N) is 2. The molecule has 1 amide bonds. The molecule has 0 aliphatic carbocycles. The molecule has 0 radical (unpaired) electrons. The highest BCUT2D eigenvalue weighted by Gasteiger charge is 2.22. The van der Waals surface area contributed by atoms with E-state index in [1.807, 2.05) is 32.0 Å². The molecule has 0 aliphatic heterocycles. The Morgan fingerprint density at radius 3 is 2.80 bits per heavy atom. The van der Waals surface area contributed by atoms with Crippen molar-refractivity contribution in [3.63, 3.8) is 0 Å². The van der Waals surface area contributed by atoms with Gasteiger partial charge in [-0.2, -0.15) is 0 Å². The SMILES string of the molecule is CCN(C(=O)c1cc(=O)c2cc(Br)ccc2[nH]1)C(C)c1cccnc1. The second-order valence-corrected chi connectivity index (χ2v) is 6.71. The maximum atomic E-state index is 13.0. The lowest BCUT2D eigenvalue weighted by molar-refractivity contribution is 0.0696. The number of hydrogen-bond acceptors (Lipinski definition) is 3. The van der Waals surface area contributed by atoms with Gasteiger partial charge in [0.05, 0.1) is 6.04 Å². The summed E-state index contributed by atoms with van der Waals surface area (Å²) in [5.74, 6) is -0.208. The van der Waals surface area contributed by atoms with Crippen LogP contribution in [0.2, 0.25) is 0 Å². The van der Waals surface area contributed by atoms with Crippen LogP contribution in [0.3, 0.4) is 0 Å². The Morgan fingerprint density at radius 2 is 2.12 bits per heavy atom. The highest BCUT2D eigenvalue weighted by Crippen LogP contribution is 2.22. The lowest BCUT2D eigenvalue weighted by atomic mass is 10.1. The van der Waals surface area contributed by atoms with Crippen LogP contribution in [0.15, 0.2) is 58.1 Å². The molecule has 0 fully saturated rings. The second kappa shape index (κ2) is 7.19. The van der Waals surface area contributed by atoms with Gasteiger partial charge in [0.25, 0.3) is 5.91 Å². The van der Waals surface area contributed by atoms with E-state index in [2.05, 4.69) is 25.9 Å². The zero-order valence-electron chi connectivity index (χ0n) is 14.0. The zero-order valence-corrected chi connectivity index (χ0v) is 15.6. The van der Waals surface area contributed by atoms with E-state index < -0.39 is 0 Å². The summed E-state index contributed by atoms with van der Waals surface area (Å²) >= 11 is 3.36. The monoisotopic (exact) mass is 399 g/mol. The molecule has 1 aromatic carbocycles. The predicted molar refractivity (Wildman–Crippen MR) is 102 cm³/mol. The van der Waals surface area contributed by atoms with Crippen molar-refractivity contribution >= 4 is 32.7 Å². The number of H-pyrrole nitrogens is 1. The first-order chi connectivity index (χ1) is 12.0. The van der Waals surface area contributed by atoms with E-state index >= 15 is 0 Å². The molecule has 128 valence electrons. The quantitative estimate of drug-likeness (QED) is 0.722. The van der Waals surface area contributed by atoms with Gasteiger partial charge in [-0.25, -0.2) is 0 Å². The van der Waals surface area contributed by atoms with Crippen molar-refractivity contribution < 1.29 is 4.79 Å². The fraction of sp³-hybridized carbons (Fsp3) is 0.211. The van der Waals surface area contributed by atoms with Crippen molar-refractivity contribution in [3.8, 4) is 0 Å². The summed E-state index contributed by atoms with van der Waals surface area (Å²) in [5.41, 5.74) is 1.70. The molecule has 1 atom stereocenters. The summed E-state index contributed by atoms with van der Waals surface area (Å²) in [6, 6.07) is 10.4. The number of rotatable bonds is 4. The molecule has 3 aromatic rings. The number of carbonyl (C=O) groups is 1. The average Bonchev–Trinajstić information content (AvgIpc) is 2.63. The van der Waals surface area contributed by atoms with Crippen LogP contribution in [-0.4, -0.2) is 27.3 Å². The highest BCUT2D eigenvalue weighted by molar-refractivity contribution is 9.10. The number of pyridine rings is 2. The first-order valence-corrected chi connectivity index (χ1v) is 8.84. The molecule has 5 nitrogen and oxygen atoms in total. The predicted octanol–water partition coefficient (Wildman–Crippen LogP) is 3.91. The summed E-state index contributed by atoms with van der Waals surface area (Å²) < 4.78 is 0.824. The summed E-state index contributed by atoms with van der Waals surface area (Å²) in [7, 11) is 0. The Hall–Kier alpha value is -2.47. The van der Waals surface area contributed by atoms with Crippen molar-refractivity contribution in [1.82, 2.24) is 14.9 Å². The maximum absolute atomic E-state index is 13.0. The summed E-state index contributed by atoms with van der Waals surface area (Å²) in [5, 5.41) is 0.550. The van der Waals surface area contributed by atoms with Crippen LogP contribution in [0.25, 0.3) is 10.9 Å². The normalized spacial score (nSPS) is 12.1. The Labute approximate surface area is 153 Å². The van der Waals surface area contributed by atoms with Crippen molar-refractivity contribution in [1.29, 1.82) is 0 Å². The molecular formula is C19H18BrN3O2. The number of carbonyl (C=O) groups excluding carboxylic acids is 1. The molecule has 1 unspecified atom stereocenters. The number of amides is 1. The van der Waals surface area contributed by atoms with Crippen LogP contribution >= 0.6 is 15.9 Å². The van der Waals surface area contributed by atoms with Crippen molar-refractivity contribution in [2.75, 3.05) is 6.54 Å². The summed E-state index contributed by atoms with van der Waals surface area (Å²) in [6.07, 6.45) is 3.45. The van der Waals surface area contributed by atoms with E-state index in [1.54, 1.807) is 29.4 Å². The van der Waals surface area contributed by atoms with E-state index in [4.69, 9.17) is 0 Å². The van der Waals surface area contributed by atoms with Gasteiger partial charge in [-0.15, -0.1) is 0 Å². The third kappa shape index (κ3) is 3.49. The number of aromatic nitrogens is 2. The molecule has 0 spiro atoms. The molecule has 0 aliphatic rings. The van der Waals surface area contributed by atoms with Crippen LogP contribution in [0.5, 0.6) is 0 Å². The minimum Gasteiger partial charge on any atom is -0.350 e. The van der Waals surface area contributed by atoms with Crippen LogP contribution in [-0.2, 0) is 0 Å². The molecular weight excluding hydrogens is 382 g/mol. The van der Waals surface area contributed by atoms with Gasteiger partial charge in [0, 0.05) is 40.4 Å². The molecule has 3 rings (SSSR count). The molecule has 0 saturated carbocycles. The third-order valence-corrected chi connectivity index (χ3v) is 4.75. The third-order valence-electron chi connectivity index (χ3n) is 4.26. The van der Waals surface area contributed by atoms with Gasteiger partial charge < -0.3 is 9.88 Å². The van der Waals surface area contributed by atoms with E-state index in [1.165, 1.54) is 6.07 Å². The number of nitrogens with one attached hydrogen (secondary N) is 1. The number of halogens is 1. The van der Waals surface area contributed by atoms with E-state index in [0.717, 1.165) is 10.0 Å².